The van der Waals surface area contributed by atoms with Gasteiger partial charge in [0.2, 0.25) is 0 Å². The van der Waals surface area contributed by atoms with E-state index in [-0.39, 0.29) is 0 Å². The lowest BCUT2D eigenvalue weighted by Gasteiger charge is -2.28. The number of thioether (sulfide) groups is 1. The number of rotatable bonds is 2. The first-order chi connectivity index (χ1) is 5.42. The van der Waals surface area contributed by atoms with Crippen LogP contribution >= 0.6 is 11.8 Å². The zero-order valence-corrected chi connectivity index (χ0v) is 7.62. The zero-order valence-electron chi connectivity index (χ0n) is 6.81. The number of hydrogen-bond acceptors (Lipinski definition) is 2. The molecule has 0 aromatic carbocycles. The van der Waals surface area contributed by atoms with Gasteiger partial charge in [-0.05, 0) is 37.5 Å². The summed E-state index contributed by atoms with van der Waals surface area (Å²) in [5, 5.41) is 3.76. The van der Waals surface area contributed by atoms with Gasteiger partial charge in [-0.15, -0.1) is 11.8 Å². The molecule has 1 heterocycles. The van der Waals surface area contributed by atoms with E-state index in [9.17, 15) is 0 Å². The fourth-order valence-corrected chi connectivity index (χ4v) is 4.09. The van der Waals surface area contributed by atoms with Gasteiger partial charge in [-0.25, -0.2) is 0 Å². The molecule has 2 heteroatoms. The van der Waals surface area contributed by atoms with Gasteiger partial charge in [0.15, 0.2) is 0 Å². The molecule has 0 amide bonds. The van der Waals surface area contributed by atoms with E-state index in [1.165, 1.54) is 38.0 Å². The normalized spacial score (nSPS) is 36.0. The minimum Gasteiger partial charge on any atom is -0.302 e. The maximum Gasteiger partial charge on any atom is 0.0702 e. The standard InChI is InChI=1S/C9H15NS/c1-2-7(1)9(8-3-4-8)10-5-6-11-9/h7-8,10H,1-6H2. The van der Waals surface area contributed by atoms with Crippen LogP contribution in [0.4, 0.5) is 0 Å². The van der Waals surface area contributed by atoms with Crippen molar-refractivity contribution < 1.29 is 0 Å². The summed E-state index contributed by atoms with van der Waals surface area (Å²) >= 11 is 2.22. The molecule has 3 rings (SSSR count). The molecule has 0 aromatic rings. The van der Waals surface area contributed by atoms with Gasteiger partial charge in [0.1, 0.15) is 0 Å². The number of hydrogen-bond donors (Lipinski definition) is 1. The van der Waals surface area contributed by atoms with Crippen LogP contribution in [-0.2, 0) is 0 Å². The number of nitrogens with one attached hydrogen (secondary N) is 1. The predicted octanol–water partition coefficient (Wildman–Crippen LogP) is 1.84. The van der Waals surface area contributed by atoms with Crippen LogP contribution in [0.5, 0.6) is 0 Å². The van der Waals surface area contributed by atoms with Crippen LogP contribution in [0.15, 0.2) is 0 Å². The lowest BCUT2D eigenvalue weighted by Crippen LogP contribution is -2.41. The Kier molecular flexibility index (Phi) is 1.34. The molecule has 1 aliphatic heterocycles. The van der Waals surface area contributed by atoms with Crippen LogP contribution in [0.25, 0.3) is 0 Å². The van der Waals surface area contributed by atoms with Crippen LogP contribution in [0.3, 0.4) is 0 Å². The monoisotopic (exact) mass is 169 g/mol. The molecule has 0 unspecified atom stereocenters. The van der Waals surface area contributed by atoms with E-state index in [2.05, 4.69) is 17.1 Å². The molecule has 0 aromatic heterocycles. The van der Waals surface area contributed by atoms with E-state index in [0.29, 0.717) is 4.87 Å². The van der Waals surface area contributed by atoms with E-state index in [0.717, 1.165) is 11.8 Å². The molecule has 2 saturated carbocycles. The van der Waals surface area contributed by atoms with Crippen molar-refractivity contribution in [1.29, 1.82) is 0 Å². The molecule has 3 fully saturated rings. The summed E-state index contributed by atoms with van der Waals surface area (Å²) < 4.78 is 0. The van der Waals surface area contributed by atoms with Crippen LogP contribution < -0.4 is 5.32 Å². The molecule has 1 N–H and O–H groups in total. The minimum atomic E-state index is 0.583. The van der Waals surface area contributed by atoms with E-state index in [4.69, 9.17) is 0 Å². The third-order valence-electron chi connectivity index (χ3n) is 3.21. The van der Waals surface area contributed by atoms with Gasteiger partial charge in [-0.2, -0.15) is 0 Å². The molecule has 3 aliphatic rings. The summed E-state index contributed by atoms with van der Waals surface area (Å²) in [6.45, 7) is 1.26. The smallest absolute Gasteiger partial charge is 0.0702 e. The second-order valence-electron chi connectivity index (χ2n) is 4.12. The van der Waals surface area contributed by atoms with Crippen LogP contribution in [0, 0.1) is 11.8 Å². The van der Waals surface area contributed by atoms with Gasteiger partial charge < -0.3 is 5.32 Å². The first-order valence-electron chi connectivity index (χ1n) is 4.81. The minimum absolute atomic E-state index is 0.583. The summed E-state index contributed by atoms with van der Waals surface area (Å²) in [5.74, 6) is 3.44. The first-order valence-corrected chi connectivity index (χ1v) is 5.79. The van der Waals surface area contributed by atoms with Gasteiger partial charge in [0.25, 0.3) is 0 Å². The quantitative estimate of drug-likeness (QED) is 0.677. The van der Waals surface area contributed by atoms with Crippen LogP contribution in [0.1, 0.15) is 25.7 Å². The highest BCUT2D eigenvalue weighted by Crippen LogP contribution is 2.58. The van der Waals surface area contributed by atoms with Crippen molar-refractivity contribution >= 4 is 11.8 Å². The maximum atomic E-state index is 3.76. The first kappa shape index (κ1) is 6.79. The molecular formula is C9H15NS. The molecule has 11 heavy (non-hydrogen) atoms. The Balaban J connectivity index is 1.83. The lowest BCUT2D eigenvalue weighted by molar-refractivity contribution is 0.398. The fraction of sp³-hybridized carbons (Fsp3) is 1.00. The molecule has 2 aliphatic carbocycles. The Bertz CT molecular complexity index is 152. The average molecular weight is 169 g/mol. The van der Waals surface area contributed by atoms with Gasteiger partial charge >= 0.3 is 0 Å². The van der Waals surface area contributed by atoms with Crippen molar-refractivity contribution in [1.82, 2.24) is 5.32 Å². The van der Waals surface area contributed by atoms with E-state index in [1.54, 1.807) is 0 Å². The Labute approximate surface area is 72.3 Å². The maximum absolute atomic E-state index is 3.76. The van der Waals surface area contributed by atoms with Crippen molar-refractivity contribution in [3.8, 4) is 0 Å². The highest BCUT2D eigenvalue weighted by Gasteiger charge is 2.55. The predicted molar refractivity (Wildman–Crippen MR) is 48.6 cm³/mol. The Morgan fingerprint density at radius 2 is 1.73 bits per heavy atom. The third-order valence-corrected chi connectivity index (χ3v) is 4.91. The third kappa shape index (κ3) is 0.955. The second kappa shape index (κ2) is 2.17. The fourth-order valence-electron chi connectivity index (χ4n) is 2.40. The highest BCUT2D eigenvalue weighted by molar-refractivity contribution is 8.00. The van der Waals surface area contributed by atoms with Crippen LogP contribution in [0.2, 0.25) is 0 Å². The van der Waals surface area contributed by atoms with Gasteiger partial charge in [0, 0.05) is 12.3 Å². The zero-order chi connectivity index (χ0) is 7.31. The Morgan fingerprint density at radius 1 is 1.09 bits per heavy atom. The SMILES string of the molecule is C1CSC(C2CC2)(C2CC2)N1. The van der Waals surface area contributed by atoms with Gasteiger partial charge in [-0.1, -0.05) is 0 Å². The Hall–Kier alpha value is 0.310. The van der Waals surface area contributed by atoms with Gasteiger partial charge in [0.05, 0.1) is 4.87 Å². The topological polar surface area (TPSA) is 12.0 Å². The van der Waals surface area contributed by atoms with E-state index >= 15 is 0 Å². The van der Waals surface area contributed by atoms with E-state index < -0.39 is 0 Å². The summed E-state index contributed by atoms with van der Waals surface area (Å²) in [7, 11) is 0. The highest BCUT2D eigenvalue weighted by atomic mass is 32.2. The second-order valence-corrected chi connectivity index (χ2v) is 5.49. The van der Waals surface area contributed by atoms with Crippen molar-refractivity contribution in [2.45, 2.75) is 30.6 Å². The van der Waals surface area contributed by atoms with Crippen molar-refractivity contribution in [2.75, 3.05) is 12.3 Å². The summed E-state index contributed by atoms with van der Waals surface area (Å²) in [6.07, 6.45) is 5.99. The molecule has 0 bridgehead atoms. The average Bonchev–Trinajstić information content (AvgIpc) is 2.90. The summed E-state index contributed by atoms with van der Waals surface area (Å²) in [5.41, 5.74) is 0. The van der Waals surface area contributed by atoms with Crippen molar-refractivity contribution in [3.63, 3.8) is 0 Å². The molecular weight excluding hydrogens is 154 g/mol. The summed E-state index contributed by atoms with van der Waals surface area (Å²) in [4.78, 5) is 0.583. The molecule has 0 atom stereocenters. The molecule has 0 radical (unpaired) electrons. The molecule has 0 spiro atoms. The summed E-state index contributed by atoms with van der Waals surface area (Å²) in [6, 6.07) is 0. The van der Waals surface area contributed by atoms with Crippen molar-refractivity contribution in [2.24, 2.45) is 11.8 Å². The molecule has 1 saturated heterocycles. The molecule has 1 nitrogen and oxygen atoms in total. The Morgan fingerprint density at radius 3 is 2.09 bits per heavy atom. The lowest BCUT2D eigenvalue weighted by atomic mass is 10.1. The largest absolute Gasteiger partial charge is 0.302 e. The van der Waals surface area contributed by atoms with E-state index in [1.807, 2.05) is 0 Å². The van der Waals surface area contributed by atoms with Gasteiger partial charge in [-0.3, -0.25) is 0 Å². The molecule has 62 valence electrons. The van der Waals surface area contributed by atoms with Crippen molar-refractivity contribution in [3.05, 3.63) is 0 Å². The van der Waals surface area contributed by atoms with Crippen LogP contribution in [-0.4, -0.2) is 17.2 Å².